The zero-order valence-electron chi connectivity index (χ0n) is 9.04. The second-order valence-corrected chi connectivity index (χ2v) is 3.51. The van der Waals surface area contributed by atoms with E-state index in [1.165, 1.54) is 6.92 Å². The Morgan fingerprint density at radius 3 is 2.07 bits per heavy atom. The average molecular weight is 201 g/mol. The Kier molecular flexibility index (Phi) is 5.92. The lowest BCUT2D eigenvalue weighted by Gasteiger charge is -2.18. The van der Waals surface area contributed by atoms with E-state index in [9.17, 15) is 9.59 Å². The number of carboxylic acid groups (broad SMARTS) is 1. The van der Waals surface area contributed by atoms with E-state index in [0.29, 0.717) is 12.3 Å². The second-order valence-electron chi connectivity index (χ2n) is 3.51. The molecule has 4 nitrogen and oxygen atoms in total. The van der Waals surface area contributed by atoms with Crippen molar-refractivity contribution < 1.29 is 14.7 Å². The quantitative estimate of drug-likeness (QED) is 0.682. The molecule has 2 N–H and O–H groups in total. The molecule has 0 rings (SSSR count). The van der Waals surface area contributed by atoms with E-state index < -0.39 is 12.0 Å². The Bertz CT molecular complexity index is 200. The van der Waals surface area contributed by atoms with Crippen molar-refractivity contribution in [2.24, 2.45) is 5.92 Å². The van der Waals surface area contributed by atoms with E-state index >= 15 is 0 Å². The fourth-order valence-corrected chi connectivity index (χ4v) is 1.42. The maximum Gasteiger partial charge on any atom is 0.326 e. The van der Waals surface area contributed by atoms with Crippen LogP contribution in [-0.4, -0.2) is 23.0 Å². The first-order valence-electron chi connectivity index (χ1n) is 5.01. The van der Waals surface area contributed by atoms with Gasteiger partial charge in [-0.05, 0) is 12.3 Å². The van der Waals surface area contributed by atoms with Crippen LogP contribution in [0.15, 0.2) is 0 Å². The van der Waals surface area contributed by atoms with Crippen molar-refractivity contribution in [3.63, 3.8) is 0 Å². The molecule has 0 radical (unpaired) electrons. The number of rotatable bonds is 6. The highest BCUT2D eigenvalue weighted by molar-refractivity contribution is 5.81. The summed E-state index contributed by atoms with van der Waals surface area (Å²) in [6.45, 7) is 5.39. The van der Waals surface area contributed by atoms with Crippen molar-refractivity contribution in [3.8, 4) is 0 Å². The van der Waals surface area contributed by atoms with E-state index in [1.54, 1.807) is 0 Å². The molecular weight excluding hydrogens is 182 g/mol. The molecule has 0 heterocycles. The van der Waals surface area contributed by atoms with Gasteiger partial charge in [-0.1, -0.05) is 26.7 Å². The molecule has 82 valence electrons. The first-order chi connectivity index (χ1) is 6.51. The molecule has 0 aromatic carbocycles. The Morgan fingerprint density at radius 2 is 1.79 bits per heavy atom. The summed E-state index contributed by atoms with van der Waals surface area (Å²) >= 11 is 0. The molecule has 0 saturated heterocycles. The summed E-state index contributed by atoms with van der Waals surface area (Å²) < 4.78 is 0. The Morgan fingerprint density at radius 1 is 1.29 bits per heavy atom. The van der Waals surface area contributed by atoms with Crippen molar-refractivity contribution in [1.82, 2.24) is 5.32 Å². The molecule has 1 amide bonds. The summed E-state index contributed by atoms with van der Waals surface area (Å²) in [6, 6.07) is -0.739. The van der Waals surface area contributed by atoms with Crippen LogP contribution in [0.4, 0.5) is 0 Å². The molecule has 0 spiro atoms. The summed E-state index contributed by atoms with van der Waals surface area (Å²) in [5.74, 6) is -0.876. The Hall–Kier alpha value is -1.06. The lowest BCUT2D eigenvalue weighted by Crippen LogP contribution is -2.40. The molecule has 0 bridgehead atoms. The van der Waals surface area contributed by atoms with Crippen LogP contribution in [0.2, 0.25) is 0 Å². The van der Waals surface area contributed by atoms with Gasteiger partial charge in [0.2, 0.25) is 5.91 Å². The minimum Gasteiger partial charge on any atom is -0.480 e. The van der Waals surface area contributed by atoms with Crippen LogP contribution in [-0.2, 0) is 9.59 Å². The monoisotopic (exact) mass is 201 g/mol. The van der Waals surface area contributed by atoms with E-state index in [4.69, 9.17) is 5.11 Å². The van der Waals surface area contributed by atoms with Crippen molar-refractivity contribution in [3.05, 3.63) is 0 Å². The average Bonchev–Trinajstić information content (AvgIpc) is 2.11. The number of carbonyl (C=O) groups is 2. The van der Waals surface area contributed by atoms with Crippen molar-refractivity contribution in [2.45, 2.75) is 46.1 Å². The maximum absolute atomic E-state index is 10.8. The Labute approximate surface area is 84.7 Å². The number of hydrogen-bond acceptors (Lipinski definition) is 2. The molecule has 4 heteroatoms. The lowest BCUT2D eigenvalue weighted by atomic mass is 9.95. The maximum atomic E-state index is 10.8. The molecule has 0 fully saturated rings. The fourth-order valence-electron chi connectivity index (χ4n) is 1.42. The van der Waals surface area contributed by atoms with Gasteiger partial charge in [0.05, 0.1) is 0 Å². The zero-order valence-corrected chi connectivity index (χ0v) is 9.04. The van der Waals surface area contributed by atoms with Gasteiger partial charge < -0.3 is 10.4 Å². The standard InChI is InChI=1S/C10H19NO3/c1-4-8(5-2)6-9(10(13)14)11-7(3)12/h8-9H,4-6H2,1-3H3,(H,11,12)(H,13,14)/t9-/m0/s1. The number of nitrogens with one attached hydrogen (secondary N) is 1. The van der Waals surface area contributed by atoms with Crippen LogP contribution in [0.25, 0.3) is 0 Å². The lowest BCUT2D eigenvalue weighted by molar-refractivity contribution is -0.142. The van der Waals surface area contributed by atoms with Gasteiger partial charge in [-0.2, -0.15) is 0 Å². The molecular formula is C10H19NO3. The number of amides is 1. The van der Waals surface area contributed by atoms with Gasteiger partial charge in [0, 0.05) is 6.92 Å². The van der Waals surface area contributed by atoms with Crippen LogP contribution < -0.4 is 5.32 Å². The van der Waals surface area contributed by atoms with Gasteiger partial charge in [-0.15, -0.1) is 0 Å². The van der Waals surface area contributed by atoms with Gasteiger partial charge >= 0.3 is 5.97 Å². The van der Waals surface area contributed by atoms with Gasteiger partial charge in [0.25, 0.3) is 0 Å². The normalized spacial score (nSPS) is 12.6. The molecule has 0 aromatic rings. The highest BCUT2D eigenvalue weighted by Crippen LogP contribution is 2.15. The molecule has 14 heavy (non-hydrogen) atoms. The van der Waals surface area contributed by atoms with Crippen LogP contribution in [0, 0.1) is 5.92 Å². The molecule has 0 aromatic heterocycles. The third-order valence-electron chi connectivity index (χ3n) is 2.40. The molecule has 0 aliphatic carbocycles. The summed E-state index contributed by atoms with van der Waals surface area (Å²) in [5.41, 5.74) is 0. The molecule has 0 aliphatic rings. The second kappa shape index (κ2) is 6.40. The topological polar surface area (TPSA) is 66.4 Å². The van der Waals surface area contributed by atoms with Crippen LogP contribution in [0.1, 0.15) is 40.0 Å². The SMILES string of the molecule is CCC(CC)C[C@H](NC(C)=O)C(=O)O. The summed E-state index contributed by atoms with van der Waals surface area (Å²) in [6.07, 6.45) is 2.40. The smallest absolute Gasteiger partial charge is 0.326 e. The first kappa shape index (κ1) is 12.9. The first-order valence-corrected chi connectivity index (χ1v) is 5.01. The zero-order chi connectivity index (χ0) is 11.1. The van der Waals surface area contributed by atoms with Gasteiger partial charge in [-0.25, -0.2) is 4.79 Å². The fraction of sp³-hybridized carbons (Fsp3) is 0.800. The summed E-state index contributed by atoms with van der Waals surface area (Å²) in [5, 5.41) is 11.3. The number of aliphatic carboxylic acids is 1. The van der Waals surface area contributed by atoms with Crippen molar-refractivity contribution in [2.75, 3.05) is 0 Å². The van der Waals surface area contributed by atoms with Crippen LogP contribution in [0.3, 0.4) is 0 Å². The number of hydrogen-bond donors (Lipinski definition) is 2. The minimum absolute atomic E-state index is 0.289. The van der Waals surface area contributed by atoms with Gasteiger partial charge in [0.1, 0.15) is 6.04 Å². The van der Waals surface area contributed by atoms with Gasteiger partial charge in [-0.3, -0.25) is 4.79 Å². The van der Waals surface area contributed by atoms with E-state index in [1.807, 2.05) is 13.8 Å². The van der Waals surface area contributed by atoms with E-state index in [-0.39, 0.29) is 5.91 Å². The van der Waals surface area contributed by atoms with Gasteiger partial charge in [0.15, 0.2) is 0 Å². The third-order valence-corrected chi connectivity index (χ3v) is 2.40. The molecule has 0 aliphatic heterocycles. The van der Waals surface area contributed by atoms with Crippen molar-refractivity contribution in [1.29, 1.82) is 0 Å². The summed E-state index contributed by atoms with van der Waals surface area (Å²) in [4.78, 5) is 21.5. The minimum atomic E-state index is -0.952. The van der Waals surface area contributed by atoms with E-state index in [0.717, 1.165) is 12.8 Å². The molecule has 0 saturated carbocycles. The largest absolute Gasteiger partial charge is 0.480 e. The highest BCUT2D eigenvalue weighted by atomic mass is 16.4. The third kappa shape index (κ3) is 4.84. The predicted molar refractivity (Wildman–Crippen MR) is 53.9 cm³/mol. The van der Waals surface area contributed by atoms with Crippen LogP contribution in [0.5, 0.6) is 0 Å². The Balaban J connectivity index is 4.21. The highest BCUT2D eigenvalue weighted by Gasteiger charge is 2.21. The molecule has 1 atom stereocenters. The van der Waals surface area contributed by atoms with Crippen LogP contribution >= 0.6 is 0 Å². The molecule has 0 unspecified atom stereocenters. The predicted octanol–water partition coefficient (Wildman–Crippen LogP) is 1.40. The number of carboxylic acids is 1. The van der Waals surface area contributed by atoms with Crippen molar-refractivity contribution >= 4 is 11.9 Å². The van der Waals surface area contributed by atoms with E-state index in [2.05, 4.69) is 5.32 Å². The summed E-state index contributed by atoms with van der Waals surface area (Å²) in [7, 11) is 0. The number of carbonyl (C=O) groups excluding carboxylic acids is 1.